The molecule has 0 atom stereocenters. The van der Waals surface area contributed by atoms with Gasteiger partial charge < -0.3 is 9.64 Å². The van der Waals surface area contributed by atoms with Crippen LogP contribution in [0.15, 0.2) is 12.1 Å². The van der Waals surface area contributed by atoms with Gasteiger partial charge in [0.1, 0.15) is 0 Å². The normalized spacial score (nSPS) is 18.7. The average molecular weight is 260 g/mol. The Morgan fingerprint density at radius 3 is 3.00 bits per heavy atom. The van der Waals surface area contributed by atoms with Gasteiger partial charge in [0, 0.05) is 31.5 Å². The van der Waals surface area contributed by atoms with Crippen molar-refractivity contribution >= 4 is 5.91 Å². The Bertz CT molecular complexity index is 483. The number of amides is 1. The average Bonchev–Trinajstić information content (AvgIpc) is 2.36. The molecule has 0 aromatic carbocycles. The Balaban J connectivity index is 1.71. The Hall–Kier alpha value is -1.58. The molecule has 1 aromatic rings. The standard InChI is InChI=1S/C15H20N2O2/c1-2-19-14-7-6-12-10-17(9-8-13(12)16-14)15(18)11-4-3-5-11/h6-7,11H,2-5,8-10H2,1H3. The maximum absolute atomic E-state index is 12.2. The van der Waals surface area contributed by atoms with Crippen LogP contribution in [0.4, 0.5) is 0 Å². The third-order valence-corrected chi connectivity index (χ3v) is 4.08. The smallest absolute Gasteiger partial charge is 0.225 e. The lowest BCUT2D eigenvalue weighted by atomic mass is 9.84. The van der Waals surface area contributed by atoms with Gasteiger partial charge in [0.15, 0.2) is 0 Å². The summed E-state index contributed by atoms with van der Waals surface area (Å²) in [6.45, 7) is 4.10. The molecule has 4 nitrogen and oxygen atoms in total. The monoisotopic (exact) mass is 260 g/mol. The maximum atomic E-state index is 12.2. The first-order valence-corrected chi connectivity index (χ1v) is 7.18. The van der Waals surface area contributed by atoms with Crippen LogP contribution in [0.1, 0.15) is 37.4 Å². The van der Waals surface area contributed by atoms with Gasteiger partial charge in [-0.05, 0) is 25.3 Å². The van der Waals surface area contributed by atoms with Crippen LogP contribution >= 0.6 is 0 Å². The van der Waals surface area contributed by atoms with E-state index in [-0.39, 0.29) is 5.92 Å². The fourth-order valence-corrected chi connectivity index (χ4v) is 2.73. The summed E-state index contributed by atoms with van der Waals surface area (Å²) in [4.78, 5) is 18.8. The minimum atomic E-state index is 0.289. The number of carbonyl (C=O) groups is 1. The van der Waals surface area contributed by atoms with E-state index in [0.29, 0.717) is 24.9 Å². The predicted molar refractivity (Wildman–Crippen MR) is 71.9 cm³/mol. The zero-order chi connectivity index (χ0) is 13.2. The minimum Gasteiger partial charge on any atom is -0.478 e. The van der Waals surface area contributed by atoms with Gasteiger partial charge >= 0.3 is 0 Å². The molecule has 1 amide bonds. The van der Waals surface area contributed by atoms with Crippen molar-refractivity contribution in [3.8, 4) is 5.88 Å². The highest BCUT2D eigenvalue weighted by molar-refractivity contribution is 5.79. The first kappa shape index (κ1) is 12.5. The summed E-state index contributed by atoms with van der Waals surface area (Å²) in [6, 6.07) is 3.95. The van der Waals surface area contributed by atoms with E-state index in [9.17, 15) is 4.79 Å². The largest absolute Gasteiger partial charge is 0.478 e. The second-order valence-corrected chi connectivity index (χ2v) is 5.33. The number of nitrogens with zero attached hydrogens (tertiary/aromatic N) is 2. The SMILES string of the molecule is CCOc1ccc2c(n1)CCN(C(=O)C1CCC1)C2. The molecule has 4 heteroatoms. The van der Waals surface area contributed by atoms with Gasteiger partial charge in [-0.3, -0.25) is 4.79 Å². The van der Waals surface area contributed by atoms with E-state index < -0.39 is 0 Å². The van der Waals surface area contributed by atoms with E-state index in [1.54, 1.807) is 0 Å². The van der Waals surface area contributed by atoms with E-state index in [4.69, 9.17) is 4.74 Å². The van der Waals surface area contributed by atoms with Crippen LogP contribution in [0, 0.1) is 5.92 Å². The molecule has 0 N–H and O–H groups in total. The molecule has 0 bridgehead atoms. The third kappa shape index (κ3) is 2.44. The number of pyridine rings is 1. The number of carbonyl (C=O) groups excluding carboxylic acids is 1. The fraction of sp³-hybridized carbons (Fsp3) is 0.600. The Morgan fingerprint density at radius 2 is 2.32 bits per heavy atom. The molecule has 0 unspecified atom stereocenters. The summed E-state index contributed by atoms with van der Waals surface area (Å²) in [5, 5.41) is 0. The zero-order valence-corrected chi connectivity index (χ0v) is 11.4. The predicted octanol–water partition coefficient (Wildman–Crippen LogP) is 2.17. The van der Waals surface area contributed by atoms with Gasteiger partial charge in [-0.25, -0.2) is 4.98 Å². The van der Waals surface area contributed by atoms with Crippen LogP contribution in [0.2, 0.25) is 0 Å². The second-order valence-electron chi connectivity index (χ2n) is 5.33. The lowest BCUT2D eigenvalue weighted by molar-refractivity contribution is -0.139. The fourth-order valence-electron chi connectivity index (χ4n) is 2.73. The van der Waals surface area contributed by atoms with Gasteiger partial charge in [-0.15, -0.1) is 0 Å². The molecule has 0 radical (unpaired) electrons. The molecule has 2 aliphatic rings. The quantitative estimate of drug-likeness (QED) is 0.836. The molecule has 1 aromatic heterocycles. The van der Waals surface area contributed by atoms with Crippen molar-refractivity contribution in [2.24, 2.45) is 5.92 Å². The number of fused-ring (bicyclic) bond motifs is 1. The van der Waals surface area contributed by atoms with Crippen molar-refractivity contribution in [3.05, 3.63) is 23.4 Å². The Kier molecular flexibility index (Phi) is 3.40. The van der Waals surface area contributed by atoms with E-state index in [0.717, 1.165) is 31.5 Å². The molecule has 2 heterocycles. The molecule has 0 saturated heterocycles. The Labute approximate surface area is 113 Å². The molecule has 1 fully saturated rings. The van der Waals surface area contributed by atoms with Crippen LogP contribution in [0.25, 0.3) is 0 Å². The molecule has 102 valence electrons. The van der Waals surface area contributed by atoms with E-state index in [1.807, 2.05) is 24.0 Å². The van der Waals surface area contributed by atoms with Gasteiger partial charge in [-0.1, -0.05) is 12.5 Å². The first-order chi connectivity index (χ1) is 9.28. The molecule has 1 aliphatic carbocycles. The van der Waals surface area contributed by atoms with Crippen molar-refractivity contribution in [2.45, 2.75) is 39.2 Å². The Morgan fingerprint density at radius 1 is 1.47 bits per heavy atom. The number of rotatable bonds is 3. The molecule has 1 aliphatic heterocycles. The highest BCUT2D eigenvalue weighted by Crippen LogP contribution is 2.30. The van der Waals surface area contributed by atoms with Crippen LogP contribution < -0.4 is 4.74 Å². The molecule has 19 heavy (non-hydrogen) atoms. The van der Waals surface area contributed by atoms with E-state index >= 15 is 0 Å². The summed E-state index contributed by atoms with van der Waals surface area (Å²) in [6.07, 6.45) is 4.20. The van der Waals surface area contributed by atoms with Gasteiger partial charge in [0.2, 0.25) is 11.8 Å². The molecular formula is C15H20N2O2. The lowest BCUT2D eigenvalue weighted by Gasteiger charge is -2.34. The molecule has 3 rings (SSSR count). The van der Waals surface area contributed by atoms with Gasteiger partial charge in [0.05, 0.1) is 12.3 Å². The highest BCUT2D eigenvalue weighted by atomic mass is 16.5. The summed E-state index contributed by atoms with van der Waals surface area (Å²) in [5.41, 5.74) is 2.26. The lowest BCUT2D eigenvalue weighted by Crippen LogP contribution is -2.42. The maximum Gasteiger partial charge on any atom is 0.225 e. The summed E-state index contributed by atoms with van der Waals surface area (Å²) in [5.74, 6) is 1.32. The van der Waals surface area contributed by atoms with Crippen molar-refractivity contribution in [3.63, 3.8) is 0 Å². The summed E-state index contributed by atoms with van der Waals surface area (Å²) < 4.78 is 5.42. The first-order valence-electron chi connectivity index (χ1n) is 7.18. The molecule has 0 spiro atoms. The number of ether oxygens (including phenoxy) is 1. The number of hydrogen-bond donors (Lipinski definition) is 0. The van der Waals surface area contributed by atoms with Crippen molar-refractivity contribution in [2.75, 3.05) is 13.2 Å². The van der Waals surface area contributed by atoms with E-state index in [2.05, 4.69) is 4.98 Å². The molecule has 1 saturated carbocycles. The highest BCUT2D eigenvalue weighted by Gasteiger charge is 2.31. The van der Waals surface area contributed by atoms with Crippen LogP contribution in [-0.2, 0) is 17.8 Å². The minimum absolute atomic E-state index is 0.289. The topological polar surface area (TPSA) is 42.4 Å². The summed E-state index contributed by atoms with van der Waals surface area (Å²) >= 11 is 0. The van der Waals surface area contributed by atoms with Gasteiger partial charge in [-0.2, -0.15) is 0 Å². The van der Waals surface area contributed by atoms with Crippen LogP contribution in [-0.4, -0.2) is 28.9 Å². The van der Waals surface area contributed by atoms with Crippen molar-refractivity contribution < 1.29 is 9.53 Å². The summed E-state index contributed by atoms with van der Waals surface area (Å²) in [7, 11) is 0. The zero-order valence-electron chi connectivity index (χ0n) is 11.4. The molecular weight excluding hydrogens is 240 g/mol. The van der Waals surface area contributed by atoms with Crippen LogP contribution in [0.5, 0.6) is 5.88 Å². The number of aromatic nitrogens is 1. The van der Waals surface area contributed by atoms with E-state index in [1.165, 1.54) is 12.0 Å². The van der Waals surface area contributed by atoms with Gasteiger partial charge in [0.25, 0.3) is 0 Å². The third-order valence-electron chi connectivity index (χ3n) is 4.08. The van der Waals surface area contributed by atoms with Crippen molar-refractivity contribution in [1.29, 1.82) is 0 Å². The van der Waals surface area contributed by atoms with Crippen molar-refractivity contribution in [1.82, 2.24) is 9.88 Å². The number of hydrogen-bond acceptors (Lipinski definition) is 3. The second kappa shape index (κ2) is 5.19. The van der Waals surface area contributed by atoms with Crippen LogP contribution in [0.3, 0.4) is 0 Å².